The first-order valence-corrected chi connectivity index (χ1v) is 7.09. The van der Waals surface area contributed by atoms with Gasteiger partial charge in [0.15, 0.2) is 5.17 Å². The number of pyridine rings is 1. The van der Waals surface area contributed by atoms with E-state index in [-0.39, 0.29) is 0 Å². The maximum Gasteiger partial charge on any atom is 0.161 e. The van der Waals surface area contributed by atoms with Crippen molar-refractivity contribution < 1.29 is 0 Å². The van der Waals surface area contributed by atoms with E-state index in [0.717, 1.165) is 34.4 Å². The zero-order valence-corrected chi connectivity index (χ0v) is 11.5. The summed E-state index contributed by atoms with van der Waals surface area (Å²) < 4.78 is 0. The van der Waals surface area contributed by atoms with Gasteiger partial charge in [-0.25, -0.2) is 0 Å². The standard InChI is InChI=1S/C13H19N3S/c1-4-11-7-8-17-13(15-11)16-12-6-5-9(2)14-10(12)3/h5-6,11H,4,7-8H2,1-3H3,(H,15,16). The molecular formula is C13H19N3S. The molecule has 0 saturated carbocycles. The van der Waals surface area contributed by atoms with Gasteiger partial charge in [-0.1, -0.05) is 18.7 Å². The summed E-state index contributed by atoms with van der Waals surface area (Å²) in [5.74, 6) is 1.16. The first kappa shape index (κ1) is 12.4. The zero-order chi connectivity index (χ0) is 12.3. The molecule has 0 aliphatic carbocycles. The molecule has 1 N–H and O–H groups in total. The van der Waals surface area contributed by atoms with Gasteiger partial charge in [-0.15, -0.1) is 0 Å². The summed E-state index contributed by atoms with van der Waals surface area (Å²) in [4.78, 5) is 9.15. The Labute approximate surface area is 107 Å². The average Bonchev–Trinajstić information content (AvgIpc) is 2.33. The quantitative estimate of drug-likeness (QED) is 0.873. The fourth-order valence-corrected chi connectivity index (χ4v) is 2.85. The molecule has 0 spiro atoms. The van der Waals surface area contributed by atoms with Crippen molar-refractivity contribution >= 4 is 22.6 Å². The second-order valence-corrected chi connectivity index (χ2v) is 5.43. The van der Waals surface area contributed by atoms with Crippen molar-refractivity contribution in [2.75, 3.05) is 11.1 Å². The highest BCUT2D eigenvalue weighted by Gasteiger charge is 2.14. The van der Waals surface area contributed by atoms with E-state index in [4.69, 9.17) is 4.99 Å². The molecule has 1 aromatic rings. The van der Waals surface area contributed by atoms with Gasteiger partial charge in [0, 0.05) is 11.4 Å². The van der Waals surface area contributed by atoms with Crippen molar-refractivity contribution in [1.29, 1.82) is 0 Å². The van der Waals surface area contributed by atoms with E-state index in [0.29, 0.717) is 6.04 Å². The molecule has 2 rings (SSSR count). The first-order valence-electron chi connectivity index (χ1n) is 6.11. The van der Waals surface area contributed by atoms with E-state index < -0.39 is 0 Å². The molecule has 0 bridgehead atoms. The zero-order valence-electron chi connectivity index (χ0n) is 10.7. The summed E-state index contributed by atoms with van der Waals surface area (Å²) in [6.07, 6.45) is 2.31. The SMILES string of the molecule is CCC1CCSC(Nc2ccc(C)nc2C)=N1. The number of aliphatic imine (C=N–C) groups is 1. The van der Waals surface area contributed by atoms with Gasteiger partial charge in [-0.05, 0) is 38.8 Å². The van der Waals surface area contributed by atoms with E-state index >= 15 is 0 Å². The van der Waals surface area contributed by atoms with Crippen LogP contribution < -0.4 is 5.32 Å². The molecule has 4 heteroatoms. The van der Waals surface area contributed by atoms with Gasteiger partial charge in [0.2, 0.25) is 0 Å². The molecule has 1 aromatic heterocycles. The summed E-state index contributed by atoms with van der Waals surface area (Å²) in [5, 5.41) is 4.43. The normalized spacial score (nSPS) is 19.9. The molecule has 92 valence electrons. The fourth-order valence-electron chi connectivity index (χ4n) is 1.86. The Morgan fingerprint density at radius 2 is 2.24 bits per heavy atom. The van der Waals surface area contributed by atoms with E-state index in [1.54, 1.807) is 11.8 Å². The van der Waals surface area contributed by atoms with E-state index in [9.17, 15) is 0 Å². The van der Waals surface area contributed by atoms with Crippen molar-refractivity contribution in [1.82, 2.24) is 4.98 Å². The van der Waals surface area contributed by atoms with Gasteiger partial charge in [0.25, 0.3) is 0 Å². The lowest BCUT2D eigenvalue weighted by atomic mass is 10.2. The topological polar surface area (TPSA) is 37.3 Å². The molecule has 0 amide bonds. The summed E-state index contributed by atoms with van der Waals surface area (Å²) in [5.41, 5.74) is 3.16. The summed E-state index contributed by atoms with van der Waals surface area (Å²) in [7, 11) is 0. The number of nitrogens with zero attached hydrogens (tertiary/aromatic N) is 2. The van der Waals surface area contributed by atoms with Crippen LogP contribution in [0.3, 0.4) is 0 Å². The lowest BCUT2D eigenvalue weighted by molar-refractivity contribution is 0.634. The van der Waals surface area contributed by atoms with Gasteiger partial charge in [0.05, 0.1) is 17.4 Å². The van der Waals surface area contributed by atoms with Crippen LogP contribution in [0.25, 0.3) is 0 Å². The van der Waals surface area contributed by atoms with E-state index in [1.165, 1.54) is 6.42 Å². The molecule has 0 aromatic carbocycles. The molecule has 3 nitrogen and oxygen atoms in total. The number of nitrogens with one attached hydrogen (secondary N) is 1. The van der Waals surface area contributed by atoms with Crippen LogP contribution in [0.2, 0.25) is 0 Å². The molecule has 0 fully saturated rings. The van der Waals surface area contributed by atoms with Crippen LogP contribution >= 0.6 is 11.8 Å². The van der Waals surface area contributed by atoms with Crippen molar-refractivity contribution in [3.63, 3.8) is 0 Å². The Bertz CT molecular complexity index is 429. The van der Waals surface area contributed by atoms with Gasteiger partial charge in [-0.2, -0.15) is 0 Å². The van der Waals surface area contributed by atoms with E-state index in [1.807, 2.05) is 19.9 Å². The van der Waals surface area contributed by atoms with Crippen LogP contribution in [0.15, 0.2) is 17.1 Å². The average molecular weight is 249 g/mol. The number of rotatable bonds is 2. The lowest BCUT2D eigenvalue weighted by Gasteiger charge is -2.20. The number of hydrogen-bond acceptors (Lipinski definition) is 4. The first-order chi connectivity index (χ1) is 8.19. The Kier molecular flexibility index (Phi) is 4.05. The molecule has 1 unspecified atom stereocenters. The lowest BCUT2D eigenvalue weighted by Crippen LogP contribution is -2.20. The Morgan fingerprint density at radius 1 is 1.41 bits per heavy atom. The predicted molar refractivity (Wildman–Crippen MR) is 75.9 cm³/mol. The monoisotopic (exact) mass is 249 g/mol. The van der Waals surface area contributed by atoms with Crippen LogP contribution in [-0.2, 0) is 0 Å². The minimum Gasteiger partial charge on any atom is -0.333 e. The molecule has 0 saturated heterocycles. The van der Waals surface area contributed by atoms with Gasteiger partial charge >= 0.3 is 0 Å². The highest BCUT2D eigenvalue weighted by atomic mass is 32.2. The van der Waals surface area contributed by atoms with Crippen LogP contribution in [-0.4, -0.2) is 21.9 Å². The molecule has 0 radical (unpaired) electrons. The summed E-state index contributed by atoms with van der Waals surface area (Å²) in [6.45, 7) is 6.23. The number of hydrogen-bond donors (Lipinski definition) is 1. The molecule has 2 heterocycles. The summed E-state index contributed by atoms with van der Waals surface area (Å²) in [6, 6.07) is 4.59. The van der Waals surface area contributed by atoms with Gasteiger partial charge in [0.1, 0.15) is 0 Å². The van der Waals surface area contributed by atoms with Crippen molar-refractivity contribution in [3.05, 3.63) is 23.5 Å². The number of amidine groups is 1. The van der Waals surface area contributed by atoms with Crippen molar-refractivity contribution in [3.8, 4) is 0 Å². The second kappa shape index (κ2) is 5.54. The van der Waals surface area contributed by atoms with Crippen molar-refractivity contribution in [2.45, 2.75) is 39.7 Å². The third kappa shape index (κ3) is 3.22. The van der Waals surface area contributed by atoms with Gasteiger partial charge < -0.3 is 5.32 Å². The molecule has 17 heavy (non-hydrogen) atoms. The van der Waals surface area contributed by atoms with Crippen LogP contribution in [0, 0.1) is 13.8 Å². The second-order valence-electron chi connectivity index (χ2n) is 4.34. The van der Waals surface area contributed by atoms with Crippen LogP contribution in [0.5, 0.6) is 0 Å². The maximum atomic E-state index is 4.70. The highest BCUT2D eigenvalue weighted by molar-refractivity contribution is 8.14. The van der Waals surface area contributed by atoms with E-state index in [2.05, 4.69) is 23.3 Å². The van der Waals surface area contributed by atoms with Crippen molar-refractivity contribution in [2.24, 2.45) is 4.99 Å². The minimum absolute atomic E-state index is 0.484. The smallest absolute Gasteiger partial charge is 0.161 e. The third-order valence-corrected chi connectivity index (χ3v) is 3.85. The highest BCUT2D eigenvalue weighted by Crippen LogP contribution is 2.22. The number of aryl methyl sites for hydroxylation is 2. The molecule has 1 aliphatic rings. The summed E-state index contributed by atoms with van der Waals surface area (Å²) >= 11 is 1.80. The van der Waals surface area contributed by atoms with Crippen LogP contribution in [0.1, 0.15) is 31.2 Å². The van der Waals surface area contributed by atoms with Gasteiger partial charge in [-0.3, -0.25) is 9.98 Å². The number of anilines is 1. The number of aromatic nitrogens is 1. The maximum absolute atomic E-state index is 4.70. The fraction of sp³-hybridized carbons (Fsp3) is 0.538. The number of thioether (sulfide) groups is 1. The molecular weight excluding hydrogens is 230 g/mol. The Hall–Kier alpha value is -1.03. The Morgan fingerprint density at radius 3 is 2.94 bits per heavy atom. The molecule has 1 atom stereocenters. The van der Waals surface area contributed by atoms with Crippen LogP contribution in [0.4, 0.5) is 5.69 Å². The Balaban J connectivity index is 2.12. The third-order valence-electron chi connectivity index (χ3n) is 2.93. The minimum atomic E-state index is 0.484. The largest absolute Gasteiger partial charge is 0.333 e. The molecule has 1 aliphatic heterocycles. The predicted octanol–water partition coefficient (Wildman–Crippen LogP) is 3.38.